The van der Waals surface area contributed by atoms with Gasteiger partial charge in [0.25, 0.3) is 0 Å². The molecule has 1 aromatic carbocycles. The van der Waals surface area contributed by atoms with E-state index in [1.54, 1.807) is 13.8 Å². The van der Waals surface area contributed by atoms with Crippen molar-refractivity contribution in [3.63, 3.8) is 0 Å². The largest absolute Gasteiger partial charge is 0.415 e. The maximum atomic E-state index is 13.4. The van der Waals surface area contributed by atoms with Gasteiger partial charge in [0, 0.05) is 11.8 Å². The van der Waals surface area contributed by atoms with Gasteiger partial charge in [-0.2, -0.15) is 8.78 Å². The lowest BCUT2D eigenvalue weighted by Gasteiger charge is -2.07. The van der Waals surface area contributed by atoms with E-state index in [4.69, 9.17) is 0 Å². The molecule has 2 rings (SSSR count). The molecule has 1 aromatic heterocycles. The molecule has 5 nitrogen and oxygen atoms in total. The molecule has 0 spiro atoms. The van der Waals surface area contributed by atoms with E-state index in [9.17, 15) is 22.4 Å². The van der Waals surface area contributed by atoms with Gasteiger partial charge in [0.2, 0.25) is 17.4 Å². The monoisotopic (exact) mass is 327 g/mol. The van der Waals surface area contributed by atoms with Crippen molar-refractivity contribution < 1.29 is 27.1 Å². The number of esters is 1. The zero-order chi connectivity index (χ0) is 17.1. The Balaban J connectivity index is 2.28. The van der Waals surface area contributed by atoms with Crippen LogP contribution in [0.2, 0.25) is 0 Å². The summed E-state index contributed by atoms with van der Waals surface area (Å²) in [4.78, 5) is 15.7. The van der Waals surface area contributed by atoms with Crippen LogP contribution in [0.5, 0.6) is 5.75 Å². The minimum absolute atomic E-state index is 0.00167. The van der Waals surface area contributed by atoms with Gasteiger partial charge in [0.15, 0.2) is 23.1 Å². The summed E-state index contributed by atoms with van der Waals surface area (Å²) in [5, 5.41) is 7.06. The third-order valence-corrected chi connectivity index (χ3v) is 2.46. The van der Waals surface area contributed by atoms with Crippen LogP contribution in [0.15, 0.2) is 23.2 Å². The quantitative estimate of drug-likeness (QED) is 0.285. The Bertz CT molecular complexity index is 761. The van der Waals surface area contributed by atoms with Gasteiger partial charge >= 0.3 is 5.97 Å². The minimum atomic E-state index is -1.83. The summed E-state index contributed by atoms with van der Waals surface area (Å²) < 4.78 is 57.2. The van der Waals surface area contributed by atoms with Crippen molar-refractivity contribution in [1.82, 2.24) is 10.2 Å². The maximum absolute atomic E-state index is 13.4. The molecule has 0 saturated heterocycles. The highest BCUT2D eigenvalue weighted by molar-refractivity contribution is 5.89. The van der Waals surface area contributed by atoms with Crippen LogP contribution in [-0.2, 0) is 0 Å². The highest BCUT2D eigenvalue weighted by Gasteiger charge is 2.24. The standard InChI is InChI=1S/C14H9F4N3O2/c1-6(2)19-10-4-3-9(20-21-10)14(22)23-13-11(17)7(15)5-8(16)12(13)18/h3-5H,1-2H3. The van der Waals surface area contributed by atoms with E-state index in [1.165, 1.54) is 6.07 Å². The molecule has 0 saturated carbocycles. The molecule has 0 unspecified atom stereocenters. The molecule has 0 fully saturated rings. The summed E-state index contributed by atoms with van der Waals surface area (Å²) in [5.74, 6) is -9.65. The average molecular weight is 327 g/mol. The van der Waals surface area contributed by atoms with E-state index < -0.39 is 40.7 Å². The topological polar surface area (TPSA) is 64.4 Å². The Kier molecular flexibility index (Phi) is 4.68. The lowest BCUT2D eigenvalue weighted by atomic mass is 10.3. The number of ether oxygens (including phenoxy) is 1. The first-order chi connectivity index (χ1) is 10.8. The van der Waals surface area contributed by atoms with Crippen molar-refractivity contribution in [2.24, 2.45) is 4.99 Å². The fraction of sp³-hybridized carbons (Fsp3) is 0.143. The summed E-state index contributed by atoms with van der Waals surface area (Å²) in [5.41, 5.74) is 0.273. The molecular formula is C14H9F4N3O2. The van der Waals surface area contributed by atoms with Gasteiger partial charge in [0.1, 0.15) is 0 Å². The van der Waals surface area contributed by atoms with Gasteiger partial charge in [-0.15, -0.1) is 10.2 Å². The number of carbonyl (C=O) groups excluding carboxylic acids is 1. The summed E-state index contributed by atoms with van der Waals surface area (Å²) in [6, 6.07) is 2.46. The number of carbonyl (C=O) groups is 1. The van der Waals surface area contributed by atoms with E-state index in [1.807, 2.05) is 0 Å². The van der Waals surface area contributed by atoms with Crippen molar-refractivity contribution in [1.29, 1.82) is 0 Å². The Labute approximate surface area is 127 Å². The van der Waals surface area contributed by atoms with Crippen molar-refractivity contribution in [2.75, 3.05) is 0 Å². The van der Waals surface area contributed by atoms with Gasteiger partial charge in [0.05, 0.1) is 0 Å². The van der Waals surface area contributed by atoms with Crippen LogP contribution in [0.25, 0.3) is 0 Å². The number of aliphatic imine (C=N–C) groups is 1. The molecule has 0 amide bonds. The number of benzene rings is 1. The molecule has 120 valence electrons. The van der Waals surface area contributed by atoms with Crippen molar-refractivity contribution in [3.8, 4) is 5.75 Å². The van der Waals surface area contributed by atoms with Gasteiger partial charge in [-0.3, -0.25) is 0 Å². The Hall–Kier alpha value is -2.84. The van der Waals surface area contributed by atoms with Crippen LogP contribution >= 0.6 is 0 Å². The third kappa shape index (κ3) is 3.68. The Morgan fingerprint density at radius 3 is 2.13 bits per heavy atom. The lowest BCUT2D eigenvalue weighted by Crippen LogP contribution is -2.14. The van der Waals surface area contributed by atoms with Gasteiger partial charge < -0.3 is 4.74 Å². The van der Waals surface area contributed by atoms with Crippen LogP contribution in [0.4, 0.5) is 23.4 Å². The molecule has 0 bridgehead atoms. The highest BCUT2D eigenvalue weighted by atomic mass is 19.2. The van der Waals surface area contributed by atoms with E-state index in [0.29, 0.717) is 5.71 Å². The summed E-state index contributed by atoms with van der Waals surface area (Å²) in [6.45, 7) is 3.43. The molecule has 1 heterocycles. The SMILES string of the molecule is CC(C)=Nc1ccc(C(=O)Oc2c(F)c(F)cc(F)c2F)nn1. The summed E-state index contributed by atoms with van der Waals surface area (Å²) >= 11 is 0. The first-order valence-electron chi connectivity index (χ1n) is 6.20. The smallest absolute Gasteiger partial charge is 0.364 e. The van der Waals surface area contributed by atoms with Crippen LogP contribution in [0.3, 0.4) is 0 Å². The predicted molar refractivity (Wildman–Crippen MR) is 71.7 cm³/mol. The van der Waals surface area contributed by atoms with Crippen molar-refractivity contribution in [3.05, 3.63) is 47.2 Å². The first-order valence-corrected chi connectivity index (χ1v) is 6.20. The minimum Gasteiger partial charge on any atom is -0.415 e. The molecular weight excluding hydrogens is 318 g/mol. The van der Waals surface area contributed by atoms with Gasteiger partial charge in [-0.1, -0.05) is 0 Å². The van der Waals surface area contributed by atoms with E-state index in [2.05, 4.69) is 19.9 Å². The molecule has 0 radical (unpaired) electrons. The van der Waals surface area contributed by atoms with E-state index in [0.717, 1.165) is 6.07 Å². The second kappa shape index (κ2) is 6.51. The number of hydrogen-bond donors (Lipinski definition) is 0. The van der Waals surface area contributed by atoms with Crippen molar-refractivity contribution >= 4 is 17.5 Å². The Morgan fingerprint density at radius 2 is 1.65 bits per heavy atom. The Morgan fingerprint density at radius 1 is 1.04 bits per heavy atom. The van der Waals surface area contributed by atoms with E-state index >= 15 is 0 Å². The van der Waals surface area contributed by atoms with Crippen molar-refractivity contribution in [2.45, 2.75) is 13.8 Å². The maximum Gasteiger partial charge on any atom is 0.364 e. The zero-order valence-electron chi connectivity index (χ0n) is 11.9. The molecule has 0 N–H and O–H groups in total. The van der Waals surface area contributed by atoms with Gasteiger partial charge in [-0.25, -0.2) is 18.6 Å². The number of halogens is 4. The van der Waals surface area contributed by atoms with E-state index in [-0.39, 0.29) is 11.9 Å². The molecule has 9 heteroatoms. The average Bonchev–Trinajstić information content (AvgIpc) is 2.49. The normalized spacial score (nSPS) is 10.3. The van der Waals surface area contributed by atoms with Crippen LogP contribution in [0, 0.1) is 23.3 Å². The second-order valence-electron chi connectivity index (χ2n) is 4.52. The molecule has 0 aliphatic heterocycles. The molecule has 23 heavy (non-hydrogen) atoms. The van der Waals surface area contributed by atoms with Gasteiger partial charge in [-0.05, 0) is 26.0 Å². The number of nitrogens with zero attached hydrogens (tertiary/aromatic N) is 3. The van der Waals surface area contributed by atoms with Crippen LogP contribution in [-0.4, -0.2) is 21.9 Å². The third-order valence-electron chi connectivity index (χ3n) is 2.46. The molecule has 2 aromatic rings. The number of hydrogen-bond acceptors (Lipinski definition) is 5. The fourth-order valence-corrected chi connectivity index (χ4v) is 1.51. The number of aromatic nitrogens is 2. The zero-order valence-corrected chi connectivity index (χ0v) is 11.9. The highest BCUT2D eigenvalue weighted by Crippen LogP contribution is 2.27. The fourth-order valence-electron chi connectivity index (χ4n) is 1.51. The lowest BCUT2D eigenvalue weighted by molar-refractivity contribution is 0.0710. The number of rotatable bonds is 3. The molecule has 0 aliphatic rings. The molecule has 0 atom stereocenters. The van der Waals surface area contributed by atoms with Crippen LogP contribution in [0.1, 0.15) is 24.3 Å². The summed E-state index contributed by atoms with van der Waals surface area (Å²) in [7, 11) is 0. The molecule has 0 aliphatic carbocycles. The first kappa shape index (κ1) is 16.5. The summed E-state index contributed by atoms with van der Waals surface area (Å²) in [6.07, 6.45) is 0. The van der Waals surface area contributed by atoms with Crippen LogP contribution < -0.4 is 4.74 Å². The predicted octanol–water partition coefficient (Wildman–Crippen LogP) is 3.36. The second-order valence-corrected chi connectivity index (χ2v) is 4.52.